The Morgan fingerprint density at radius 2 is 1.51 bits per heavy atom. The molecule has 0 radical (unpaired) electrons. The monoisotopic (exact) mass is 782 g/mol. The molecule has 3 heterocycles. The molecule has 2 fully saturated rings. The van der Waals surface area contributed by atoms with Crippen molar-refractivity contribution in [1.82, 2.24) is 25.1 Å². The zero-order valence-corrected chi connectivity index (χ0v) is 32.9. The van der Waals surface area contributed by atoms with E-state index in [1.807, 2.05) is 35.2 Å². The molecule has 1 aromatic heterocycles. The van der Waals surface area contributed by atoms with Crippen LogP contribution in [0.15, 0.2) is 60.7 Å². The third-order valence-electron chi connectivity index (χ3n) is 9.38. The zero-order valence-electron chi connectivity index (χ0n) is 32.0. The van der Waals surface area contributed by atoms with Crippen LogP contribution in [0.2, 0.25) is 0 Å². The summed E-state index contributed by atoms with van der Waals surface area (Å²) in [5, 5.41) is 12.2. The molecular weight excluding hydrogens is 727 g/mol. The summed E-state index contributed by atoms with van der Waals surface area (Å²) in [5.41, 5.74) is 1.90. The minimum absolute atomic E-state index is 0.0316. The number of anilines is 1. The largest absolute Gasteiger partial charge is 0.465 e. The van der Waals surface area contributed by atoms with Crippen molar-refractivity contribution in [3.05, 3.63) is 77.5 Å². The molecule has 0 spiro atoms. The molecule has 15 nitrogen and oxygen atoms in total. The van der Waals surface area contributed by atoms with E-state index in [9.17, 15) is 33.8 Å². The number of benzene rings is 2. The first kappa shape index (κ1) is 43.3. The van der Waals surface area contributed by atoms with Crippen LogP contribution in [0.25, 0.3) is 11.4 Å². The third kappa shape index (κ3) is 14.0. The molecule has 300 valence electrons. The summed E-state index contributed by atoms with van der Waals surface area (Å²) >= 11 is 0. The summed E-state index contributed by atoms with van der Waals surface area (Å²) in [7, 11) is -2.60. The first-order chi connectivity index (χ1) is 26.4. The van der Waals surface area contributed by atoms with E-state index in [1.54, 1.807) is 37.4 Å². The van der Waals surface area contributed by atoms with Gasteiger partial charge in [0, 0.05) is 77.6 Å². The van der Waals surface area contributed by atoms with E-state index < -0.39 is 31.8 Å². The number of amides is 3. The Kier molecular flexibility index (Phi) is 17.0. The van der Waals surface area contributed by atoms with Crippen LogP contribution >= 0.6 is 7.60 Å². The lowest BCUT2D eigenvalue weighted by molar-refractivity contribution is -0.134. The first-order valence-electron chi connectivity index (χ1n) is 18.9. The van der Waals surface area contributed by atoms with Gasteiger partial charge in [0.25, 0.3) is 5.91 Å². The van der Waals surface area contributed by atoms with Crippen LogP contribution in [0.3, 0.4) is 0 Å². The molecule has 4 N–H and O–H groups in total. The maximum Gasteiger partial charge on any atom is 0.407 e. The highest BCUT2D eigenvalue weighted by Crippen LogP contribution is 2.39. The van der Waals surface area contributed by atoms with Crippen molar-refractivity contribution in [2.24, 2.45) is 0 Å². The molecule has 5 rings (SSSR count). The second-order valence-electron chi connectivity index (χ2n) is 13.7. The van der Waals surface area contributed by atoms with Crippen molar-refractivity contribution in [3.8, 4) is 11.4 Å². The van der Waals surface area contributed by atoms with Gasteiger partial charge < -0.3 is 44.4 Å². The maximum absolute atomic E-state index is 13.9. The van der Waals surface area contributed by atoms with E-state index in [-0.39, 0.29) is 50.3 Å². The second-order valence-corrected chi connectivity index (χ2v) is 15.3. The van der Waals surface area contributed by atoms with Crippen molar-refractivity contribution in [3.63, 3.8) is 0 Å². The Balaban J connectivity index is 0.000000665. The zero-order chi connectivity index (χ0) is 39.8. The Labute approximate surface area is 323 Å². The van der Waals surface area contributed by atoms with E-state index in [0.717, 1.165) is 25.2 Å². The molecule has 2 aliphatic rings. The fourth-order valence-electron chi connectivity index (χ4n) is 6.18. The summed E-state index contributed by atoms with van der Waals surface area (Å²) in [6.45, 7) is 8.20. The summed E-state index contributed by atoms with van der Waals surface area (Å²) in [6, 6.07) is 16.3. The molecule has 0 unspecified atom stereocenters. The van der Waals surface area contributed by atoms with Gasteiger partial charge in [-0.2, -0.15) is 0 Å². The van der Waals surface area contributed by atoms with E-state index >= 15 is 0 Å². The molecule has 2 aromatic carbocycles. The summed E-state index contributed by atoms with van der Waals surface area (Å²) in [6.07, 6.45) is 4.36. The average molecular weight is 783 g/mol. The van der Waals surface area contributed by atoms with Crippen molar-refractivity contribution in [2.75, 3.05) is 64.5 Å². The van der Waals surface area contributed by atoms with Gasteiger partial charge in [-0.25, -0.2) is 14.8 Å². The number of nitrogens with zero attached hydrogens (tertiary/aromatic N) is 5. The fraction of sp³-hybridized carbons (Fsp3) is 0.513. The van der Waals surface area contributed by atoms with E-state index in [0.29, 0.717) is 35.9 Å². The van der Waals surface area contributed by atoms with Gasteiger partial charge in [-0.1, -0.05) is 81.3 Å². The van der Waals surface area contributed by atoms with Crippen LogP contribution in [0.4, 0.5) is 10.6 Å². The molecule has 16 heteroatoms. The number of rotatable bonds is 16. The Hall–Kier alpha value is -4.40. The lowest BCUT2D eigenvalue weighted by Gasteiger charge is -2.35. The molecule has 3 amide bonds. The maximum atomic E-state index is 13.9. The first-order valence-corrected chi connectivity index (χ1v) is 20.7. The number of methoxy groups -OCH3 is 1. The molecular formula is C39H55N6O9P. The molecule has 2 atom stereocenters. The number of piperazine rings is 1. The van der Waals surface area contributed by atoms with Gasteiger partial charge >= 0.3 is 13.7 Å². The summed E-state index contributed by atoms with van der Waals surface area (Å²) in [4.78, 5) is 71.8. The number of carbonyl (C=O) groups is 3. The number of aromatic nitrogens is 2. The highest BCUT2D eigenvalue weighted by atomic mass is 31.2. The second kappa shape index (κ2) is 21.6. The van der Waals surface area contributed by atoms with Gasteiger partial charge in [-0.3, -0.25) is 14.2 Å². The number of nitrogens with one attached hydrogen (secondary N) is 1. The van der Waals surface area contributed by atoms with Crippen molar-refractivity contribution >= 4 is 31.3 Å². The Morgan fingerprint density at radius 1 is 0.891 bits per heavy atom. The van der Waals surface area contributed by atoms with Crippen molar-refractivity contribution in [2.45, 2.75) is 70.7 Å². The molecule has 55 heavy (non-hydrogen) atoms. The van der Waals surface area contributed by atoms with E-state index in [2.05, 4.69) is 24.1 Å². The van der Waals surface area contributed by atoms with Crippen LogP contribution in [0.1, 0.15) is 67.6 Å². The number of carboxylic acid groups (broad SMARTS) is 1. The average Bonchev–Trinajstić information content (AvgIpc) is 3.68. The van der Waals surface area contributed by atoms with Crippen LogP contribution in [0.5, 0.6) is 0 Å². The van der Waals surface area contributed by atoms with Crippen molar-refractivity contribution in [1.29, 1.82) is 0 Å². The lowest BCUT2D eigenvalue weighted by atomic mass is 10.0. The molecule has 0 saturated carbocycles. The lowest BCUT2D eigenvalue weighted by Crippen LogP contribution is -2.56. The minimum atomic E-state index is -4.26. The van der Waals surface area contributed by atoms with Gasteiger partial charge in [0.1, 0.15) is 17.6 Å². The van der Waals surface area contributed by atoms with Crippen LogP contribution in [0, 0.1) is 0 Å². The van der Waals surface area contributed by atoms with Gasteiger partial charge in [0.2, 0.25) is 5.91 Å². The van der Waals surface area contributed by atoms with Gasteiger partial charge in [-0.05, 0) is 30.4 Å². The molecule has 2 aliphatic heterocycles. The van der Waals surface area contributed by atoms with Crippen LogP contribution in [-0.2, 0) is 31.4 Å². The van der Waals surface area contributed by atoms with E-state index in [1.165, 1.54) is 35.5 Å². The topological polar surface area (TPSA) is 195 Å². The fourth-order valence-corrected chi connectivity index (χ4v) is 6.86. The number of unbranched alkanes of at least 4 members (excludes halogenated alkanes) is 2. The number of carbonyl (C=O) groups excluding carboxylic acids is 2. The highest BCUT2D eigenvalue weighted by molar-refractivity contribution is 7.50. The minimum Gasteiger partial charge on any atom is -0.465 e. The number of ether oxygens (including phenoxy) is 2. The number of hydrogen-bond donors (Lipinski definition) is 4. The highest BCUT2D eigenvalue weighted by Gasteiger charge is 2.32. The Bertz CT molecular complexity index is 1710. The summed E-state index contributed by atoms with van der Waals surface area (Å²) in [5.74, 6) is -0.0361. The predicted molar refractivity (Wildman–Crippen MR) is 209 cm³/mol. The molecule has 3 aromatic rings. The predicted octanol–water partition coefficient (Wildman–Crippen LogP) is 4.81. The Morgan fingerprint density at radius 3 is 2.07 bits per heavy atom. The van der Waals surface area contributed by atoms with E-state index in [4.69, 9.17) is 14.5 Å². The smallest absolute Gasteiger partial charge is 0.407 e. The summed E-state index contributed by atoms with van der Waals surface area (Å²) < 4.78 is 22.3. The van der Waals surface area contributed by atoms with Crippen LogP contribution < -0.4 is 10.2 Å². The molecule has 0 bridgehead atoms. The SMILES string of the molecule is CCCCOCCCC.CO[C@H]1CCN(c2cc(C(=O)N[C@@H](Cc3ccc(CP(=O)(O)O)cc3)C(=O)N3CCN(C(=O)O)CC3)nc(-c3ccccc3)n2)C1. The van der Waals surface area contributed by atoms with Gasteiger partial charge in [-0.15, -0.1) is 0 Å². The quantitative estimate of drug-likeness (QED) is 0.115. The third-order valence-corrected chi connectivity index (χ3v) is 10.2. The van der Waals surface area contributed by atoms with Gasteiger partial charge in [0.05, 0.1) is 12.3 Å². The molecule has 0 aliphatic carbocycles. The van der Waals surface area contributed by atoms with Gasteiger partial charge in [0.15, 0.2) is 5.82 Å². The number of hydrogen-bond acceptors (Lipinski definition) is 9. The molecule has 2 saturated heterocycles. The van der Waals surface area contributed by atoms with Crippen molar-refractivity contribution < 1.29 is 43.3 Å². The van der Waals surface area contributed by atoms with Crippen LogP contribution in [-0.4, -0.2) is 124 Å². The standard InChI is InChI=1S/C31H37N6O8P.C8H18O/c1-45-24-11-12-37(19-24)27-18-25(32-28(34-27)23-5-3-2-4-6-23)29(38)33-26(30(39)35-13-15-36(16-14-35)31(40)41)17-21-7-9-22(10-8-21)20-46(42,43)44;1-3-5-7-9-8-6-4-2/h2-10,18,24,26H,11-17,19-20H2,1H3,(H,33,38)(H,40,41)(H2,42,43,44);3-8H2,1-2H3/t24-,26-;/m0./s1. The normalized spacial score (nSPS) is 16.3.